The highest BCUT2D eigenvalue weighted by Gasteiger charge is 2.27. The number of pyridine rings is 6. The van der Waals surface area contributed by atoms with E-state index in [9.17, 15) is 5.11 Å². The number of fused-ring (bicyclic) bond motifs is 6. The number of halogens is 5. The number of para-hydroxylation sites is 4. The van der Waals surface area contributed by atoms with E-state index in [1.165, 1.54) is 19.5 Å². The number of rotatable bonds is 42. The number of methoxy groups -OCH3 is 2. The van der Waals surface area contributed by atoms with Gasteiger partial charge in [-0.3, -0.25) is 14.7 Å². The molecule has 3 N–H and O–H groups in total. The number of morpholine rings is 1. The predicted octanol–water partition coefficient (Wildman–Crippen LogP) is 22.7. The van der Waals surface area contributed by atoms with E-state index in [1.54, 1.807) is 43.4 Å². The first-order chi connectivity index (χ1) is 70.6. The fourth-order valence-electron chi connectivity index (χ4n) is 15.2. The molecule has 3 saturated heterocycles. The molecule has 0 aliphatic carbocycles. The smallest absolute Gasteiger partial charge is 0.295 e. The summed E-state index contributed by atoms with van der Waals surface area (Å²) < 4.78 is 92.9. The minimum atomic E-state index is -0.196. The molecule has 0 radical (unpaired) electrons. The van der Waals surface area contributed by atoms with Crippen molar-refractivity contribution in [2.24, 2.45) is 0 Å². The number of nitrogens with one attached hydrogen (secondary N) is 2. The van der Waals surface area contributed by atoms with Crippen LogP contribution in [-0.2, 0) is 14.2 Å². The largest absolute Gasteiger partial charge is 0.491 e. The summed E-state index contributed by atoms with van der Waals surface area (Å²) >= 11 is 31.7. The lowest BCUT2D eigenvalue weighted by Gasteiger charge is -2.35. The maximum absolute atomic E-state index is 9.28. The van der Waals surface area contributed by atoms with E-state index >= 15 is 0 Å². The lowest BCUT2D eigenvalue weighted by Crippen LogP contribution is -2.51. The van der Waals surface area contributed by atoms with Crippen molar-refractivity contribution in [3.05, 3.63) is 183 Å². The van der Waals surface area contributed by atoms with Gasteiger partial charge in [0, 0.05) is 166 Å². The van der Waals surface area contributed by atoms with Crippen molar-refractivity contribution in [1.82, 2.24) is 64.3 Å². The van der Waals surface area contributed by atoms with Crippen LogP contribution in [0.2, 0.25) is 25.1 Å². The zero-order chi connectivity index (χ0) is 105. The summed E-state index contributed by atoms with van der Waals surface area (Å²) in [5.74, 6) is 9.34. The number of hydrogen-bond acceptors (Lipinski definition) is 31. The number of nitrogens with zero attached hydrogens (tertiary/aromatic N) is 13. The van der Waals surface area contributed by atoms with E-state index in [0.717, 1.165) is 136 Å². The van der Waals surface area contributed by atoms with E-state index in [0.29, 0.717) is 177 Å². The molecule has 0 saturated carbocycles. The molecular formula is C110H140Cl5N15O17. The topological polar surface area (TPSA) is 317 Å². The fraction of sp³-hybridized carbons (Fsp3) is 0.455. The second-order valence-corrected chi connectivity index (χ2v) is 39.5. The predicted molar refractivity (Wildman–Crippen MR) is 586 cm³/mol. The second-order valence-electron chi connectivity index (χ2n) is 37.5. The monoisotopic (exact) mass is 2120 g/mol. The van der Waals surface area contributed by atoms with Crippen LogP contribution < -0.4 is 67.5 Å². The lowest BCUT2D eigenvalue weighted by molar-refractivity contribution is -0.00412. The van der Waals surface area contributed by atoms with Crippen LogP contribution in [0.5, 0.6) is 69.5 Å². The van der Waals surface area contributed by atoms with Crippen molar-refractivity contribution in [1.29, 1.82) is 0 Å². The van der Waals surface area contributed by atoms with Crippen molar-refractivity contribution in [3.8, 4) is 86.7 Å². The molecule has 792 valence electrons. The molecule has 37 heteroatoms. The van der Waals surface area contributed by atoms with Gasteiger partial charge in [0.15, 0.2) is 5.82 Å². The third kappa shape index (κ3) is 34.8. The third-order valence-electron chi connectivity index (χ3n) is 22.0. The number of hydrogen-bond donors (Lipinski definition) is 3. The molecule has 8 aromatic heterocycles. The normalized spacial score (nSPS) is 13.4. The first-order valence-corrected chi connectivity index (χ1v) is 51.8. The summed E-state index contributed by atoms with van der Waals surface area (Å²) in [5.41, 5.74) is 5.40. The molecule has 11 heterocycles. The molecule has 0 bridgehead atoms. The van der Waals surface area contributed by atoms with Crippen LogP contribution in [0.25, 0.3) is 82.6 Å². The average Bonchev–Trinajstić information content (AvgIpc) is 1.75. The van der Waals surface area contributed by atoms with Gasteiger partial charge >= 0.3 is 0 Å². The molecular weight excluding hydrogens is 1980 g/mol. The summed E-state index contributed by atoms with van der Waals surface area (Å²) in [6.45, 7) is 46.7. The zero-order valence-electron chi connectivity index (χ0n) is 87.7. The molecule has 0 amide bonds. The van der Waals surface area contributed by atoms with Crippen LogP contribution in [0.15, 0.2) is 162 Å². The molecule has 32 nitrogen and oxygen atoms in total. The molecule has 3 aliphatic heterocycles. The molecule has 0 unspecified atom stereocenters. The van der Waals surface area contributed by atoms with Crippen LogP contribution in [0, 0.1) is 0 Å². The lowest BCUT2D eigenvalue weighted by atomic mass is 10.1. The SMILES string of the molecule is CC(C)Nc1nc(-c2cc(OC(C)C)c3ccc(OCCN4CCOCC4)c(Cl)c3n2)co1.CC(C)Oc1cc(OCCN(C)C)nc2c(Cl)cccc12.CC(C)Oc1cc(OCCN2CC(O)C2)nc2c(Cl)cccc12.CC(C)Oc1cc(OCCN2CCC2)nc2c(Cl)cccc12.COCCOc1cc(OC(C)C)c2cccc(Cl)c2n1.COCCOc1ccc2c(OC(C)C)cc(-n3ccc(NC(C)C)n3)nc2c1. The van der Waals surface area contributed by atoms with E-state index in [4.69, 9.17) is 143 Å². The van der Waals surface area contributed by atoms with Crippen molar-refractivity contribution in [2.45, 2.75) is 172 Å². The second kappa shape index (κ2) is 56.8. The number of oxazole rings is 1. The van der Waals surface area contributed by atoms with Crippen LogP contribution >= 0.6 is 58.0 Å². The quantitative estimate of drug-likeness (QED) is 0.0299. The third-order valence-corrected chi connectivity index (χ3v) is 23.5. The van der Waals surface area contributed by atoms with Gasteiger partial charge in [0.05, 0.1) is 128 Å². The molecule has 147 heavy (non-hydrogen) atoms. The Morgan fingerprint density at radius 2 is 0.810 bits per heavy atom. The van der Waals surface area contributed by atoms with Crippen LogP contribution in [0.1, 0.15) is 117 Å². The summed E-state index contributed by atoms with van der Waals surface area (Å²) in [6, 6.07) is 46.2. The van der Waals surface area contributed by atoms with Crippen molar-refractivity contribution < 1.29 is 80.6 Å². The number of aliphatic hydroxyl groups excluding tert-OH is 1. The number of β-amino-alcohol motifs (C(OH)–C–C–N with tert-alkyl or cyclic N) is 1. The molecule has 6 aromatic carbocycles. The average molecular weight is 2120 g/mol. The van der Waals surface area contributed by atoms with Crippen LogP contribution in [0.4, 0.5) is 11.8 Å². The Bertz CT molecular complexity index is 6520. The summed E-state index contributed by atoms with van der Waals surface area (Å²) in [7, 11) is 7.28. The van der Waals surface area contributed by atoms with E-state index in [-0.39, 0.29) is 48.8 Å². The van der Waals surface area contributed by atoms with Gasteiger partial charge in [-0.1, -0.05) is 82.3 Å². The molecule has 17 rings (SSSR count). The van der Waals surface area contributed by atoms with Crippen LogP contribution in [0.3, 0.4) is 0 Å². The maximum Gasteiger partial charge on any atom is 0.295 e. The van der Waals surface area contributed by atoms with Crippen molar-refractivity contribution in [3.63, 3.8) is 0 Å². The number of aromatic nitrogens is 9. The number of aliphatic hydroxyl groups is 1. The van der Waals surface area contributed by atoms with Gasteiger partial charge < -0.3 is 96.1 Å². The molecule has 3 fully saturated rings. The van der Waals surface area contributed by atoms with Gasteiger partial charge in [-0.2, -0.15) is 4.98 Å². The Balaban J connectivity index is 0.000000158. The van der Waals surface area contributed by atoms with E-state index < -0.39 is 0 Å². The van der Waals surface area contributed by atoms with E-state index in [1.807, 2.05) is 245 Å². The Kier molecular flexibility index (Phi) is 44.1. The number of likely N-dealkylation sites (N-methyl/N-ethyl adjacent to an activating group) is 1. The molecule has 0 atom stereocenters. The number of anilines is 2. The van der Waals surface area contributed by atoms with Crippen molar-refractivity contribution in [2.75, 3.05) is 170 Å². The highest BCUT2D eigenvalue weighted by molar-refractivity contribution is 6.37. The molecule has 0 spiro atoms. The van der Waals surface area contributed by atoms with Gasteiger partial charge in [0.1, 0.15) is 108 Å². The zero-order valence-corrected chi connectivity index (χ0v) is 91.5. The Morgan fingerprint density at radius 1 is 0.395 bits per heavy atom. The first kappa shape index (κ1) is 114. The van der Waals surface area contributed by atoms with Gasteiger partial charge in [-0.15, -0.1) is 5.10 Å². The minimum absolute atomic E-state index is 0.0119. The summed E-state index contributed by atoms with van der Waals surface area (Å²) in [5, 5.41) is 28.4. The first-order valence-electron chi connectivity index (χ1n) is 49.9. The Hall–Kier alpha value is -11.5. The highest BCUT2D eigenvalue weighted by atomic mass is 35.5. The Morgan fingerprint density at radius 3 is 1.24 bits per heavy atom. The van der Waals surface area contributed by atoms with Crippen molar-refractivity contribution >= 4 is 135 Å². The summed E-state index contributed by atoms with van der Waals surface area (Å²) in [4.78, 5) is 40.9. The van der Waals surface area contributed by atoms with Crippen LogP contribution in [-0.4, -0.2) is 284 Å². The van der Waals surface area contributed by atoms with Gasteiger partial charge in [-0.05, 0) is 217 Å². The minimum Gasteiger partial charge on any atom is -0.491 e. The highest BCUT2D eigenvalue weighted by Crippen LogP contribution is 2.42. The number of benzene rings is 6. The number of ether oxygens (including phenoxy) is 15. The number of likely N-dealkylation sites (tertiary alicyclic amines) is 2. The molecule has 14 aromatic rings. The van der Waals surface area contributed by atoms with E-state index in [2.05, 4.69) is 74.1 Å². The maximum atomic E-state index is 9.28. The Labute approximate surface area is 886 Å². The molecule has 3 aliphatic rings. The van der Waals surface area contributed by atoms with Gasteiger partial charge in [0.25, 0.3) is 6.01 Å². The van der Waals surface area contributed by atoms with Gasteiger partial charge in [-0.25, -0.2) is 34.6 Å². The fourth-order valence-corrected chi connectivity index (χ4v) is 16.3. The van der Waals surface area contributed by atoms with Gasteiger partial charge in [0.2, 0.25) is 23.5 Å². The summed E-state index contributed by atoms with van der Waals surface area (Å²) in [6.07, 6.45) is 4.86. The standard InChI is InChI=1S/C24H31ClN4O4.C21H28N4O3.C17H21ClN2O3.C17H21ClN2O2.C16H21ClN2O2.C15H18ClNO3/c1-15(2)26-24-28-19(14-32-24)18-13-21(33-16(3)4)17-5-6-20(22(25)23(17)27-18)31-12-9-29-7-10-30-11-8-29;1-14(2)22-20-8-9-25(24-20)21-13-19(28-15(3)4)17-7-6-16(12-18(17)23-21)27-11-10-26-5;1-11(2)23-15-8-16(22-7-6-20-9-12(21)10-20)19-17-13(15)4-3-5-14(17)18;1-12(2)22-15-11-16(21-10-9-20-7-4-8-20)19-17-13(15)5-3-6-14(17)18;1-11(2)21-14-10-15(20-9-8-19(3)4)18-16-12(14)6-5-7-13(16)17;1-10(2)20-13-9-14(19-8-7-18-3)17-15-11(13)5-4-6-12(15)16/h5-6,13-16H,7-12H2,1-4H3,(H,26,28);6-9,12-15H,10-11H2,1-5H3,(H,22,24);3-5,8,11-12,21H,6-7,9-10H2,1-2H3;3,5-6,11-12H,4,7-10H2,1-2H3;5-7,10-11H,8-9H2,1-4H3;4-6,9-10H,7-8H2,1-3H3.